The topological polar surface area (TPSA) is 195 Å². The average molecular weight is 803 g/mol. The molecule has 3 aromatic rings. The lowest BCUT2D eigenvalue weighted by Crippen LogP contribution is -2.36. The summed E-state index contributed by atoms with van der Waals surface area (Å²) >= 11 is 0. The van der Waals surface area contributed by atoms with Crippen LogP contribution < -0.4 is 4.90 Å². The number of aromatic nitrogens is 2. The van der Waals surface area contributed by atoms with Crippen LogP contribution in [0.2, 0.25) is 0 Å². The third-order valence-electron chi connectivity index (χ3n) is 6.58. The standard InChI is InChI=1S/C21H22N4O.4C2HF3O2/c1-4-17(12-22-8-1)13-25-16-21(20-19(25)6-2-9-23-20)7-10-24(15-21)14-18-5-3-11-26-18;4*3-2(4,5)1(6)7/h1-6,8-9,11-12H,7,10,13-16H2;4*(H,6,7). The van der Waals surface area contributed by atoms with Gasteiger partial charge in [-0.1, -0.05) is 6.07 Å². The fourth-order valence-electron chi connectivity index (χ4n) is 4.48. The second-order valence-corrected chi connectivity index (χ2v) is 10.6. The number of hydrogen-bond donors (Lipinski definition) is 4. The molecule has 25 heteroatoms. The van der Waals surface area contributed by atoms with Crippen LogP contribution in [0.4, 0.5) is 58.4 Å². The van der Waals surface area contributed by atoms with Crippen molar-refractivity contribution in [2.75, 3.05) is 24.5 Å². The molecule has 0 saturated carbocycles. The van der Waals surface area contributed by atoms with E-state index in [2.05, 4.69) is 33.0 Å². The molecule has 4 N–H and O–H groups in total. The lowest BCUT2D eigenvalue weighted by molar-refractivity contribution is -0.193. The minimum atomic E-state index is -5.08. The van der Waals surface area contributed by atoms with E-state index in [1.165, 1.54) is 16.9 Å². The Morgan fingerprint density at radius 2 is 1.17 bits per heavy atom. The molecule has 13 nitrogen and oxygen atoms in total. The van der Waals surface area contributed by atoms with Crippen molar-refractivity contribution in [2.24, 2.45) is 0 Å². The second kappa shape index (κ2) is 18.9. The lowest BCUT2D eigenvalue weighted by atomic mass is 9.85. The number of anilines is 1. The number of furan rings is 1. The van der Waals surface area contributed by atoms with Crippen molar-refractivity contribution in [1.29, 1.82) is 0 Å². The Kier molecular flexibility index (Phi) is 16.3. The minimum Gasteiger partial charge on any atom is -0.475 e. The van der Waals surface area contributed by atoms with E-state index in [1.54, 1.807) is 6.26 Å². The predicted octanol–water partition coefficient (Wildman–Crippen LogP) is 5.77. The molecule has 54 heavy (non-hydrogen) atoms. The molecule has 2 aliphatic rings. The summed E-state index contributed by atoms with van der Waals surface area (Å²) in [5.41, 5.74) is 3.89. The first-order valence-electron chi connectivity index (χ1n) is 14.1. The monoisotopic (exact) mass is 802 g/mol. The quantitative estimate of drug-likeness (QED) is 0.233. The van der Waals surface area contributed by atoms with Gasteiger partial charge in [0.1, 0.15) is 5.76 Å². The Morgan fingerprint density at radius 3 is 1.57 bits per heavy atom. The zero-order chi connectivity index (χ0) is 41.7. The maximum Gasteiger partial charge on any atom is 0.490 e. The minimum absolute atomic E-state index is 0.116. The van der Waals surface area contributed by atoms with Crippen LogP contribution in [0.25, 0.3) is 0 Å². The van der Waals surface area contributed by atoms with Gasteiger partial charge in [0.2, 0.25) is 0 Å². The number of hydrogen-bond acceptors (Lipinski definition) is 9. The molecular weight excluding hydrogens is 776 g/mol. The maximum absolute atomic E-state index is 10.6. The Morgan fingerprint density at radius 1 is 0.685 bits per heavy atom. The van der Waals surface area contributed by atoms with Gasteiger partial charge < -0.3 is 29.7 Å². The van der Waals surface area contributed by atoms with Crippen molar-refractivity contribution >= 4 is 29.6 Å². The second-order valence-electron chi connectivity index (χ2n) is 10.6. The average Bonchev–Trinajstić information content (AvgIpc) is 3.78. The van der Waals surface area contributed by atoms with Gasteiger partial charge in [-0.15, -0.1) is 0 Å². The van der Waals surface area contributed by atoms with Crippen LogP contribution in [0.15, 0.2) is 65.7 Å². The summed E-state index contributed by atoms with van der Waals surface area (Å²) in [4.78, 5) is 49.6. The zero-order valence-electron chi connectivity index (χ0n) is 26.7. The molecule has 0 amide bonds. The lowest BCUT2D eigenvalue weighted by Gasteiger charge is -2.25. The third kappa shape index (κ3) is 15.5. The summed E-state index contributed by atoms with van der Waals surface area (Å²) in [5, 5.41) is 28.5. The maximum atomic E-state index is 10.6. The number of carbonyl (C=O) groups is 4. The largest absolute Gasteiger partial charge is 0.490 e. The predicted molar refractivity (Wildman–Crippen MR) is 155 cm³/mol. The van der Waals surface area contributed by atoms with Gasteiger partial charge in [-0.25, -0.2) is 19.2 Å². The normalized spacial score (nSPS) is 16.6. The Labute approximate surface area is 294 Å². The molecule has 0 radical (unpaired) electrons. The molecule has 5 heterocycles. The number of nitrogens with zero attached hydrogens (tertiary/aromatic N) is 4. The van der Waals surface area contributed by atoms with Crippen LogP contribution in [-0.4, -0.2) is 104 Å². The van der Waals surface area contributed by atoms with Crippen LogP contribution in [0, 0.1) is 0 Å². The summed E-state index contributed by atoms with van der Waals surface area (Å²) in [6, 6.07) is 12.4. The SMILES string of the molecule is O=C(O)C(F)(F)F.O=C(O)C(F)(F)F.O=C(O)C(F)(F)F.O=C(O)C(F)(F)F.c1cncc(CN2CC3(CCN(Cc4ccco4)C3)c3ncccc32)c1. The fraction of sp³-hybridized carbons (Fsp3) is 0.379. The van der Waals surface area contributed by atoms with Crippen LogP contribution in [-0.2, 0) is 37.7 Å². The number of alkyl halides is 12. The van der Waals surface area contributed by atoms with Crippen LogP contribution in [0.3, 0.4) is 0 Å². The van der Waals surface area contributed by atoms with Crippen LogP contribution >= 0.6 is 0 Å². The highest BCUT2D eigenvalue weighted by Crippen LogP contribution is 2.45. The Balaban J connectivity index is 0.000000427. The highest BCUT2D eigenvalue weighted by atomic mass is 19.4. The summed E-state index contributed by atoms with van der Waals surface area (Å²) in [7, 11) is 0. The molecule has 1 spiro atoms. The number of carboxylic acids is 4. The van der Waals surface area contributed by atoms with Gasteiger partial charge >= 0.3 is 48.6 Å². The first-order valence-corrected chi connectivity index (χ1v) is 14.1. The van der Waals surface area contributed by atoms with E-state index < -0.39 is 48.6 Å². The Bertz CT molecular complexity index is 1570. The number of fused-ring (bicyclic) bond motifs is 2. The van der Waals surface area contributed by atoms with Crippen molar-refractivity contribution in [3.05, 3.63) is 78.3 Å². The molecule has 2 aliphatic heterocycles. The van der Waals surface area contributed by atoms with E-state index in [1.807, 2.05) is 36.8 Å². The summed E-state index contributed by atoms with van der Waals surface area (Å²) in [6.45, 7) is 4.88. The molecule has 1 unspecified atom stereocenters. The summed E-state index contributed by atoms with van der Waals surface area (Å²) < 4.78 is 132. The van der Waals surface area contributed by atoms with Crippen LogP contribution in [0.5, 0.6) is 0 Å². The molecule has 1 atom stereocenters. The summed E-state index contributed by atoms with van der Waals surface area (Å²) in [6.07, 6.45) is -11.7. The summed E-state index contributed by atoms with van der Waals surface area (Å²) in [5.74, 6) is -9.99. The van der Waals surface area contributed by atoms with Crippen molar-refractivity contribution in [3.63, 3.8) is 0 Å². The van der Waals surface area contributed by atoms with Gasteiger partial charge in [-0.05, 0) is 48.9 Å². The van der Waals surface area contributed by atoms with E-state index in [-0.39, 0.29) is 5.41 Å². The number of pyridine rings is 2. The molecule has 1 fully saturated rings. The van der Waals surface area contributed by atoms with Crippen LogP contribution in [0.1, 0.15) is 23.4 Å². The van der Waals surface area contributed by atoms with E-state index >= 15 is 0 Å². The number of carboxylic acid groups (broad SMARTS) is 4. The molecule has 0 aromatic carbocycles. The molecule has 0 aliphatic carbocycles. The van der Waals surface area contributed by atoms with Crippen molar-refractivity contribution in [2.45, 2.75) is 49.6 Å². The smallest absolute Gasteiger partial charge is 0.475 e. The molecule has 3 aromatic heterocycles. The van der Waals surface area contributed by atoms with E-state index in [0.717, 1.165) is 44.9 Å². The van der Waals surface area contributed by atoms with Gasteiger partial charge in [0, 0.05) is 43.6 Å². The molecule has 5 rings (SSSR count). The highest BCUT2D eigenvalue weighted by Gasteiger charge is 2.48. The van der Waals surface area contributed by atoms with Gasteiger partial charge in [-0.2, -0.15) is 52.7 Å². The Hall–Kier alpha value is -5.62. The number of likely N-dealkylation sites (tertiary alicyclic amines) is 1. The van der Waals surface area contributed by atoms with E-state index in [9.17, 15) is 52.7 Å². The number of rotatable bonds is 4. The van der Waals surface area contributed by atoms with Gasteiger partial charge in [-0.3, -0.25) is 14.9 Å². The van der Waals surface area contributed by atoms with E-state index in [4.69, 9.17) is 49.0 Å². The number of aliphatic carboxylic acids is 4. The van der Waals surface area contributed by atoms with Crippen molar-refractivity contribution < 1.29 is 96.7 Å². The van der Waals surface area contributed by atoms with Gasteiger partial charge in [0.15, 0.2) is 0 Å². The molecule has 0 bridgehead atoms. The number of halogens is 12. The highest BCUT2D eigenvalue weighted by molar-refractivity contribution is 5.74. The van der Waals surface area contributed by atoms with Crippen molar-refractivity contribution in [3.8, 4) is 0 Å². The third-order valence-corrected chi connectivity index (χ3v) is 6.58. The molecule has 1 saturated heterocycles. The fourth-order valence-corrected chi connectivity index (χ4v) is 4.48. The molecule has 300 valence electrons. The first-order chi connectivity index (χ1) is 24.6. The molecular formula is C29H26F12N4O9. The first kappa shape index (κ1) is 46.4. The van der Waals surface area contributed by atoms with Gasteiger partial charge in [0.25, 0.3) is 0 Å². The van der Waals surface area contributed by atoms with Gasteiger partial charge in [0.05, 0.1) is 24.2 Å². The van der Waals surface area contributed by atoms with Crippen molar-refractivity contribution in [1.82, 2.24) is 14.9 Å². The van der Waals surface area contributed by atoms with E-state index in [0.29, 0.717) is 0 Å². The zero-order valence-corrected chi connectivity index (χ0v) is 26.7.